The first-order valence-electron chi connectivity index (χ1n) is 11.8. The summed E-state index contributed by atoms with van der Waals surface area (Å²) in [4.78, 5) is 48.8. The Morgan fingerprint density at radius 1 is 0.971 bits per heavy atom. The number of carbonyl (C=O) groups excluding carboxylic acids is 4. The van der Waals surface area contributed by atoms with Crippen molar-refractivity contribution >= 4 is 24.1 Å². The molecule has 0 saturated carbocycles. The predicted octanol–water partition coefficient (Wildman–Crippen LogP) is 3.42. The number of hydrogen-bond acceptors (Lipinski definition) is 8. The highest BCUT2D eigenvalue weighted by Crippen LogP contribution is 2.09. The number of esters is 2. The van der Waals surface area contributed by atoms with Crippen molar-refractivity contribution in [2.45, 2.75) is 84.6 Å². The van der Waals surface area contributed by atoms with E-state index < -0.39 is 41.8 Å². The van der Waals surface area contributed by atoms with Crippen LogP contribution in [0.2, 0.25) is 0 Å². The maximum absolute atomic E-state index is 12.6. The number of rotatable bonds is 12. The Hall–Kier alpha value is -3.14. The monoisotopic (exact) mass is 493 g/mol. The van der Waals surface area contributed by atoms with Crippen molar-refractivity contribution in [2.75, 3.05) is 6.54 Å². The fourth-order valence-electron chi connectivity index (χ4n) is 2.98. The van der Waals surface area contributed by atoms with Gasteiger partial charge in [0, 0.05) is 6.54 Å². The molecule has 1 aromatic carbocycles. The highest BCUT2D eigenvalue weighted by molar-refractivity contribution is 5.92. The number of carbonyl (C=O) groups is 4. The van der Waals surface area contributed by atoms with Gasteiger partial charge in [0.15, 0.2) is 0 Å². The van der Waals surface area contributed by atoms with E-state index >= 15 is 0 Å². The molecule has 0 aromatic heterocycles. The average molecular weight is 494 g/mol. The number of alkyl carbamates (subject to hydrolysis) is 2. The molecule has 1 rings (SSSR count). The van der Waals surface area contributed by atoms with Gasteiger partial charge in [-0.2, -0.15) is 0 Å². The van der Waals surface area contributed by atoms with Gasteiger partial charge >= 0.3 is 24.1 Å². The molecule has 0 heterocycles. The van der Waals surface area contributed by atoms with E-state index in [0.717, 1.165) is 5.56 Å². The van der Waals surface area contributed by atoms with Gasteiger partial charge in [-0.15, -0.1) is 0 Å². The molecule has 10 heteroatoms. The van der Waals surface area contributed by atoms with Crippen LogP contribution in [0.1, 0.15) is 65.9 Å². The summed E-state index contributed by atoms with van der Waals surface area (Å²) in [5.41, 5.74) is 5.98. The zero-order valence-corrected chi connectivity index (χ0v) is 21.3. The second-order valence-corrected chi connectivity index (χ2v) is 9.66. The largest absolute Gasteiger partial charge is 0.445 e. The minimum Gasteiger partial charge on any atom is -0.445 e. The van der Waals surface area contributed by atoms with E-state index in [-0.39, 0.29) is 18.9 Å². The molecule has 0 fully saturated rings. The summed E-state index contributed by atoms with van der Waals surface area (Å²) < 4.78 is 15.3. The molecule has 0 aliphatic rings. The van der Waals surface area contributed by atoms with E-state index in [4.69, 9.17) is 19.9 Å². The molecule has 35 heavy (non-hydrogen) atoms. The van der Waals surface area contributed by atoms with Gasteiger partial charge in [-0.3, -0.25) is 0 Å². The SMILES string of the molecule is CC(C)C[C@H](N)C(=O)OC(=O)[C@H](CCCCNC(=O)OC(C)(C)C)NC(=O)OCc1ccccc1. The molecule has 4 N–H and O–H groups in total. The number of unbranched alkanes of at least 4 members (excludes halogenated alkanes) is 1. The number of benzene rings is 1. The molecule has 2 atom stereocenters. The van der Waals surface area contributed by atoms with Gasteiger partial charge in [-0.1, -0.05) is 44.2 Å². The van der Waals surface area contributed by atoms with Crippen molar-refractivity contribution in [1.82, 2.24) is 10.6 Å². The van der Waals surface area contributed by atoms with E-state index in [9.17, 15) is 19.2 Å². The van der Waals surface area contributed by atoms with Crippen LogP contribution in [0.4, 0.5) is 9.59 Å². The molecule has 2 amide bonds. The highest BCUT2D eigenvalue weighted by atomic mass is 16.6. The quantitative estimate of drug-likeness (QED) is 0.174. The third-order valence-electron chi connectivity index (χ3n) is 4.61. The summed E-state index contributed by atoms with van der Waals surface area (Å²) in [7, 11) is 0. The molecule has 0 unspecified atom stereocenters. The molecule has 0 radical (unpaired) electrons. The number of hydrogen-bond donors (Lipinski definition) is 3. The second-order valence-electron chi connectivity index (χ2n) is 9.66. The lowest BCUT2D eigenvalue weighted by Crippen LogP contribution is -2.45. The first-order chi connectivity index (χ1) is 16.4. The Bertz CT molecular complexity index is 822. The maximum Gasteiger partial charge on any atom is 0.408 e. The van der Waals surface area contributed by atoms with Gasteiger partial charge in [-0.05, 0) is 57.9 Å². The van der Waals surface area contributed by atoms with Crippen molar-refractivity contribution in [2.24, 2.45) is 11.7 Å². The standard InChI is InChI=1S/C25H39N3O7/c1-17(2)15-19(26)21(29)34-22(30)20(13-9-10-14-27-23(31)35-25(3,4)5)28-24(32)33-16-18-11-7-6-8-12-18/h6-8,11-12,17,19-20H,9-10,13-16,26H2,1-5H3,(H,27,31)(H,28,32)/t19-,20-/m0/s1. The summed E-state index contributed by atoms with van der Waals surface area (Å²) in [6.07, 6.45) is 0.120. The molecule has 0 spiro atoms. The number of amides is 2. The van der Waals surface area contributed by atoms with Crippen molar-refractivity contribution in [1.29, 1.82) is 0 Å². The zero-order valence-electron chi connectivity index (χ0n) is 21.3. The summed E-state index contributed by atoms with van der Waals surface area (Å²) >= 11 is 0. The Kier molecular flexibility index (Phi) is 12.8. The van der Waals surface area contributed by atoms with Crippen LogP contribution in [0.15, 0.2) is 30.3 Å². The van der Waals surface area contributed by atoms with Gasteiger partial charge in [0.1, 0.15) is 24.3 Å². The molecular weight excluding hydrogens is 454 g/mol. The van der Waals surface area contributed by atoms with Gasteiger partial charge in [0.25, 0.3) is 0 Å². The minimum atomic E-state index is -1.12. The van der Waals surface area contributed by atoms with Crippen LogP contribution in [0.25, 0.3) is 0 Å². The Labute approximate surface area is 207 Å². The first-order valence-corrected chi connectivity index (χ1v) is 11.8. The molecule has 10 nitrogen and oxygen atoms in total. The van der Waals surface area contributed by atoms with Crippen molar-refractivity contribution < 1.29 is 33.4 Å². The molecule has 196 valence electrons. The summed E-state index contributed by atoms with van der Waals surface area (Å²) in [6.45, 7) is 9.42. The smallest absolute Gasteiger partial charge is 0.408 e. The van der Waals surface area contributed by atoms with Crippen LogP contribution >= 0.6 is 0 Å². The van der Waals surface area contributed by atoms with E-state index in [0.29, 0.717) is 25.8 Å². The predicted molar refractivity (Wildman–Crippen MR) is 130 cm³/mol. The van der Waals surface area contributed by atoms with E-state index in [1.807, 2.05) is 32.0 Å². The summed E-state index contributed by atoms with van der Waals surface area (Å²) in [6, 6.07) is 7.01. The fourth-order valence-corrected chi connectivity index (χ4v) is 2.98. The van der Waals surface area contributed by atoms with Crippen LogP contribution in [-0.2, 0) is 30.4 Å². The van der Waals surface area contributed by atoms with Crippen molar-refractivity contribution in [3.63, 3.8) is 0 Å². The highest BCUT2D eigenvalue weighted by Gasteiger charge is 2.27. The summed E-state index contributed by atoms with van der Waals surface area (Å²) in [5.74, 6) is -1.61. The van der Waals surface area contributed by atoms with Crippen LogP contribution < -0.4 is 16.4 Å². The van der Waals surface area contributed by atoms with Crippen LogP contribution in [0, 0.1) is 5.92 Å². The number of nitrogens with one attached hydrogen (secondary N) is 2. The Morgan fingerprint density at radius 2 is 1.63 bits per heavy atom. The first kappa shape index (κ1) is 29.9. The molecule has 1 aromatic rings. The number of nitrogens with two attached hydrogens (primary N) is 1. The van der Waals surface area contributed by atoms with Crippen LogP contribution in [0.3, 0.4) is 0 Å². The van der Waals surface area contributed by atoms with Crippen molar-refractivity contribution in [3.8, 4) is 0 Å². The van der Waals surface area contributed by atoms with E-state index in [1.165, 1.54) is 0 Å². The fraction of sp³-hybridized carbons (Fsp3) is 0.600. The minimum absolute atomic E-state index is 0.0203. The van der Waals surface area contributed by atoms with Crippen LogP contribution in [-0.4, -0.2) is 48.4 Å². The van der Waals surface area contributed by atoms with E-state index in [2.05, 4.69) is 10.6 Å². The maximum atomic E-state index is 12.6. The van der Waals surface area contributed by atoms with Gasteiger partial charge in [-0.25, -0.2) is 19.2 Å². The average Bonchev–Trinajstić information content (AvgIpc) is 2.75. The molecule has 0 bridgehead atoms. The summed E-state index contributed by atoms with van der Waals surface area (Å²) in [5, 5.41) is 5.09. The lowest BCUT2D eigenvalue weighted by molar-refractivity contribution is -0.162. The molecule has 0 aliphatic carbocycles. The Balaban J connectivity index is 2.62. The third kappa shape index (κ3) is 14.0. The molecule has 0 saturated heterocycles. The lowest BCUT2D eigenvalue weighted by atomic mass is 10.0. The van der Waals surface area contributed by atoms with Crippen LogP contribution in [0.5, 0.6) is 0 Å². The number of ether oxygens (including phenoxy) is 3. The third-order valence-corrected chi connectivity index (χ3v) is 4.61. The Morgan fingerprint density at radius 3 is 2.23 bits per heavy atom. The van der Waals surface area contributed by atoms with Gasteiger partial charge in [0.2, 0.25) is 0 Å². The van der Waals surface area contributed by atoms with Gasteiger partial charge < -0.3 is 30.6 Å². The van der Waals surface area contributed by atoms with Crippen molar-refractivity contribution in [3.05, 3.63) is 35.9 Å². The zero-order chi connectivity index (χ0) is 26.4. The van der Waals surface area contributed by atoms with Gasteiger partial charge in [0.05, 0.1) is 0 Å². The topological polar surface area (TPSA) is 146 Å². The molecular formula is C25H39N3O7. The lowest BCUT2D eigenvalue weighted by Gasteiger charge is -2.20. The second kappa shape index (κ2) is 15.0. The normalized spacial score (nSPS) is 12.9. The molecule has 0 aliphatic heterocycles. The van der Waals surface area contributed by atoms with E-state index in [1.54, 1.807) is 32.9 Å².